The summed E-state index contributed by atoms with van der Waals surface area (Å²) in [4.78, 5) is 19.5. The van der Waals surface area contributed by atoms with E-state index < -0.39 is 39.7 Å². The van der Waals surface area contributed by atoms with Gasteiger partial charge in [-0.3, -0.25) is 10.1 Å². The molecular weight excluding hydrogens is 274 g/mol. The molecule has 0 aliphatic carbocycles. The van der Waals surface area contributed by atoms with Crippen molar-refractivity contribution in [2.45, 2.75) is 6.18 Å². The van der Waals surface area contributed by atoms with Crippen LogP contribution >= 0.6 is 0 Å². The van der Waals surface area contributed by atoms with Crippen LogP contribution in [-0.2, 0) is 11.0 Å². The predicted molar refractivity (Wildman–Crippen MR) is 54.7 cm³/mol. The predicted octanol–water partition coefficient (Wildman–Crippen LogP) is 2.85. The number of carboxylic acid groups (broad SMARTS) is 1. The number of rotatable bonds is 3. The number of benzene rings is 1. The molecule has 0 bridgehead atoms. The molecule has 0 fully saturated rings. The lowest BCUT2D eigenvalue weighted by atomic mass is 10.1. The lowest BCUT2D eigenvalue weighted by Crippen LogP contribution is -2.10. The van der Waals surface area contributed by atoms with Crippen LogP contribution in [0.1, 0.15) is 11.1 Å². The van der Waals surface area contributed by atoms with Gasteiger partial charge in [0.05, 0.1) is 10.5 Å². The molecule has 1 N–H and O–H groups in total. The van der Waals surface area contributed by atoms with Crippen LogP contribution in [0.4, 0.5) is 23.2 Å². The third-order valence-electron chi connectivity index (χ3n) is 2.01. The summed E-state index contributed by atoms with van der Waals surface area (Å²) in [5.74, 6) is -3.30. The van der Waals surface area contributed by atoms with Gasteiger partial charge in [-0.1, -0.05) is 0 Å². The van der Waals surface area contributed by atoms with Gasteiger partial charge in [-0.05, 0) is 6.08 Å². The highest BCUT2D eigenvalue weighted by Crippen LogP contribution is 2.35. The molecule has 0 aliphatic heterocycles. The number of nitro groups is 1. The second-order valence-corrected chi connectivity index (χ2v) is 3.32. The van der Waals surface area contributed by atoms with Crippen LogP contribution in [0.2, 0.25) is 0 Å². The number of non-ortho nitro benzene ring substituents is 1. The zero-order valence-corrected chi connectivity index (χ0v) is 8.94. The maximum Gasteiger partial charge on any atom is 0.419 e. The number of carboxylic acids is 1. The summed E-state index contributed by atoms with van der Waals surface area (Å²) in [7, 11) is 0. The highest BCUT2D eigenvalue weighted by molar-refractivity contribution is 5.85. The van der Waals surface area contributed by atoms with Crippen molar-refractivity contribution < 1.29 is 32.4 Å². The lowest BCUT2D eigenvalue weighted by molar-refractivity contribution is -0.385. The number of hydrogen-bond acceptors (Lipinski definition) is 3. The molecule has 102 valence electrons. The summed E-state index contributed by atoms with van der Waals surface area (Å²) < 4.78 is 50.9. The van der Waals surface area contributed by atoms with Gasteiger partial charge in [0.15, 0.2) is 0 Å². The van der Waals surface area contributed by atoms with Crippen molar-refractivity contribution in [3.8, 4) is 0 Å². The van der Waals surface area contributed by atoms with E-state index in [1.165, 1.54) is 0 Å². The molecule has 0 aliphatic rings. The van der Waals surface area contributed by atoms with Gasteiger partial charge in [-0.15, -0.1) is 0 Å². The normalized spacial score (nSPS) is 11.8. The average Bonchev–Trinajstić information content (AvgIpc) is 2.25. The summed E-state index contributed by atoms with van der Waals surface area (Å²) in [6.45, 7) is 0. The molecular formula is C10H5F4NO4. The zero-order valence-electron chi connectivity index (χ0n) is 8.94. The summed E-state index contributed by atoms with van der Waals surface area (Å²) in [6.07, 6.45) is -4.23. The molecule has 19 heavy (non-hydrogen) atoms. The molecule has 0 saturated carbocycles. The molecule has 0 saturated heterocycles. The molecule has 0 unspecified atom stereocenters. The Morgan fingerprint density at radius 1 is 1.37 bits per heavy atom. The molecule has 0 heterocycles. The minimum atomic E-state index is -5.12. The van der Waals surface area contributed by atoms with Crippen molar-refractivity contribution in [2.24, 2.45) is 0 Å². The van der Waals surface area contributed by atoms with E-state index in [4.69, 9.17) is 5.11 Å². The van der Waals surface area contributed by atoms with Crippen LogP contribution in [0.3, 0.4) is 0 Å². The number of nitro benzene ring substituents is 1. The van der Waals surface area contributed by atoms with Gasteiger partial charge >= 0.3 is 12.1 Å². The highest BCUT2D eigenvalue weighted by atomic mass is 19.4. The number of nitrogens with zero attached hydrogens (tertiary/aromatic N) is 1. The number of carbonyl (C=O) groups is 1. The van der Waals surface area contributed by atoms with E-state index in [9.17, 15) is 32.5 Å². The smallest absolute Gasteiger partial charge is 0.419 e. The Kier molecular flexibility index (Phi) is 3.88. The molecule has 0 aromatic heterocycles. The minimum absolute atomic E-state index is 0.0490. The van der Waals surface area contributed by atoms with Crippen molar-refractivity contribution >= 4 is 17.7 Å². The highest BCUT2D eigenvalue weighted by Gasteiger charge is 2.36. The van der Waals surface area contributed by atoms with Crippen LogP contribution in [0.25, 0.3) is 6.08 Å². The van der Waals surface area contributed by atoms with Gasteiger partial charge in [-0.25, -0.2) is 9.18 Å². The van der Waals surface area contributed by atoms with Crippen molar-refractivity contribution in [1.82, 2.24) is 0 Å². The SMILES string of the molecule is O=C(O)/C=C/c1cc([N+](=O)[O-])cc(C(F)(F)F)c1F. The first-order chi connectivity index (χ1) is 8.62. The molecule has 5 nitrogen and oxygen atoms in total. The molecule has 9 heteroatoms. The Labute approximate surface area is 102 Å². The van der Waals surface area contributed by atoms with Crippen molar-refractivity contribution in [3.05, 3.63) is 45.3 Å². The number of aliphatic carboxylic acids is 1. The fourth-order valence-electron chi connectivity index (χ4n) is 1.23. The van der Waals surface area contributed by atoms with E-state index >= 15 is 0 Å². The molecule has 1 rings (SSSR count). The largest absolute Gasteiger partial charge is 0.478 e. The third-order valence-corrected chi connectivity index (χ3v) is 2.01. The minimum Gasteiger partial charge on any atom is -0.478 e. The van der Waals surface area contributed by atoms with E-state index in [2.05, 4.69) is 0 Å². The van der Waals surface area contributed by atoms with Crippen molar-refractivity contribution in [2.75, 3.05) is 0 Å². The van der Waals surface area contributed by atoms with Crippen molar-refractivity contribution in [1.29, 1.82) is 0 Å². The average molecular weight is 279 g/mol. The Morgan fingerprint density at radius 2 is 1.95 bits per heavy atom. The maximum absolute atomic E-state index is 13.5. The van der Waals surface area contributed by atoms with Crippen LogP contribution < -0.4 is 0 Å². The Morgan fingerprint density at radius 3 is 2.37 bits per heavy atom. The summed E-state index contributed by atoms with van der Waals surface area (Å²) in [5, 5.41) is 18.8. The lowest BCUT2D eigenvalue weighted by Gasteiger charge is -2.09. The summed E-state index contributed by atoms with van der Waals surface area (Å²) in [6, 6.07) is 0.567. The Balaban J connectivity index is 3.50. The van der Waals surface area contributed by atoms with Crippen molar-refractivity contribution in [3.63, 3.8) is 0 Å². The fourth-order valence-corrected chi connectivity index (χ4v) is 1.23. The molecule has 1 aromatic rings. The number of alkyl halides is 3. The first kappa shape index (κ1) is 14.6. The molecule has 0 spiro atoms. The van der Waals surface area contributed by atoms with Gasteiger partial charge in [-0.2, -0.15) is 13.2 Å². The van der Waals surface area contributed by atoms with Crippen LogP contribution in [0, 0.1) is 15.9 Å². The second-order valence-electron chi connectivity index (χ2n) is 3.32. The number of halogens is 4. The molecule has 0 radical (unpaired) electrons. The van der Waals surface area contributed by atoms with E-state index in [0.29, 0.717) is 18.2 Å². The van der Waals surface area contributed by atoms with Crippen LogP contribution in [0.5, 0.6) is 0 Å². The van der Waals surface area contributed by atoms with E-state index in [0.717, 1.165) is 0 Å². The van der Waals surface area contributed by atoms with Gasteiger partial charge in [0.2, 0.25) is 0 Å². The molecule has 0 amide bonds. The Bertz CT molecular complexity index is 565. The quantitative estimate of drug-likeness (QED) is 0.399. The molecule has 1 aromatic carbocycles. The van der Waals surface area contributed by atoms with Crippen LogP contribution in [0.15, 0.2) is 18.2 Å². The summed E-state index contributed by atoms with van der Waals surface area (Å²) in [5.41, 5.74) is -3.64. The zero-order chi connectivity index (χ0) is 14.8. The standard InChI is InChI=1S/C10H5F4NO4/c11-9-5(1-2-8(16)17)3-6(15(18)19)4-7(9)10(12,13)14/h1-4H,(H,16,17)/b2-1+. The van der Waals surface area contributed by atoms with E-state index in [1.807, 2.05) is 0 Å². The van der Waals surface area contributed by atoms with E-state index in [1.54, 1.807) is 0 Å². The van der Waals surface area contributed by atoms with Gasteiger partial charge in [0, 0.05) is 23.8 Å². The monoisotopic (exact) mass is 279 g/mol. The first-order valence-electron chi connectivity index (χ1n) is 4.59. The summed E-state index contributed by atoms with van der Waals surface area (Å²) >= 11 is 0. The van der Waals surface area contributed by atoms with E-state index in [-0.39, 0.29) is 6.07 Å². The first-order valence-corrected chi connectivity index (χ1v) is 4.59. The molecule has 0 atom stereocenters. The third kappa shape index (κ3) is 3.50. The number of hydrogen-bond donors (Lipinski definition) is 1. The topological polar surface area (TPSA) is 80.4 Å². The van der Waals surface area contributed by atoms with Gasteiger partial charge in [0.25, 0.3) is 5.69 Å². The maximum atomic E-state index is 13.5. The second kappa shape index (κ2) is 5.04. The fraction of sp³-hybridized carbons (Fsp3) is 0.100. The van der Waals surface area contributed by atoms with Crippen LogP contribution in [-0.4, -0.2) is 16.0 Å². The van der Waals surface area contributed by atoms with Gasteiger partial charge in [0.1, 0.15) is 5.82 Å². The Hall–Kier alpha value is -2.45. The van der Waals surface area contributed by atoms with Gasteiger partial charge < -0.3 is 5.11 Å².